The molecule has 2 aromatic carbocycles. The first-order valence-corrected chi connectivity index (χ1v) is 23.8. The molecule has 7 rings (SSSR count). The fourth-order valence-electron chi connectivity index (χ4n) is 9.65. The predicted octanol–water partition coefficient (Wildman–Crippen LogP) is 0.335. The highest BCUT2D eigenvalue weighted by atomic mass is 19.2. The molecule has 400 valence electrons. The number of hydrogen-bond donors (Lipinski definition) is 9. The van der Waals surface area contributed by atoms with Crippen molar-refractivity contribution in [2.24, 2.45) is 11.8 Å². The van der Waals surface area contributed by atoms with Gasteiger partial charge < -0.3 is 83.9 Å². The summed E-state index contributed by atoms with van der Waals surface area (Å²) in [5.74, 6) is -8.09. The standard InChI is InChI=1S/C47H62F3N3O19/c1-4-9-28(43(62)63)67-41-36(58)31(18-55)70-47(42(41)71-44(64)23-10-7-6-8-11-23)68-29-13-21(12-22(5-2)40(29)72-46-39(61)38(60)34(56)20(3)66-46)19-65-45-37(59)33(35(57)30(17-54)69-45)53-16-27(51-52-53)24-14-25(48)32(50)26(49)15-24/h6-8,10-11,14-16,20-22,28-31,33-42,45-47,54-61H,4-5,9,12-13,17-19H2,1-3H3,(H,62,63)/t20?,21?,22?,28-,29+,30?,31?,33?,34+,35+,36-,37?,38?,39?,40?,41-,42?,45-,46-,47+/m0/s1. The van der Waals surface area contributed by atoms with Crippen molar-refractivity contribution in [3.8, 4) is 11.3 Å². The van der Waals surface area contributed by atoms with E-state index in [0.29, 0.717) is 25.0 Å². The monoisotopic (exact) mass is 1030 g/mol. The Balaban J connectivity index is 1.19. The first-order chi connectivity index (χ1) is 34.4. The van der Waals surface area contributed by atoms with Gasteiger partial charge in [0.05, 0.1) is 49.9 Å². The van der Waals surface area contributed by atoms with Gasteiger partial charge in [-0.1, -0.05) is 50.1 Å². The Morgan fingerprint density at radius 3 is 2.10 bits per heavy atom. The van der Waals surface area contributed by atoms with E-state index in [1.165, 1.54) is 19.1 Å². The molecule has 4 heterocycles. The molecule has 3 aliphatic heterocycles. The van der Waals surface area contributed by atoms with Crippen LogP contribution in [-0.4, -0.2) is 197 Å². The van der Waals surface area contributed by atoms with Gasteiger partial charge in [-0.05, 0) is 62.3 Å². The third-order valence-electron chi connectivity index (χ3n) is 13.6. The summed E-state index contributed by atoms with van der Waals surface area (Å²) in [5.41, 5.74) is -0.301. The summed E-state index contributed by atoms with van der Waals surface area (Å²) in [6.45, 7) is 3.15. The number of carboxylic acids is 1. The second kappa shape index (κ2) is 24.4. The number of nitrogens with zero attached hydrogens (tertiary/aromatic N) is 3. The van der Waals surface area contributed by atoms with Gasteiger partial charge in [-0.25, -0.2) is 27.4 Å². The first kappa shape index (κ1) is 55.5. The summed E-state index contributed by atoms with van der Waals surface area (Å²) in [6.07, 6.45) is -23.9. The highest BCUT2D eigenvalue weighted by Gasteiger charge is 2.54. The lowest BCUT2D eigenvalue weighted by molar-refractivity contribution is -0.351. The second-order valence-corrected chi connectivity index (χ2v) is 18.5. The van der Waals surface area contributed by atoms with Crippen molar-refractivity contribution in [2.75, 3.05) is 19.8 Å². The zero-order valence-electron chi connectivity index (χ0n) is 39.4. The van der Waals surface area contributed by atoms with Crippen LogP contribution in [0.25, 0.3) is 11.3 Å². The number of aliphatic hydroxyl groups is 8. The van der Waals surface area contributed by atoms with Crippen LogP contribution in [0.1, 0.15) is 69.3 Å². The summed E-state index contributed by atoms with van der Waals surface area (Å²) < 4.78 is 92.0. The number of carbonyl (C=O) groups is 2. The van der Waals surface area contributed by atoms with Gasteiger partial charge in [0, 0.05) is 5.56 Å². The largest absolute Gasteiger partial charge is 0.479 e. The van der Waals surface area contributed by atoms with Gasteiger partial charge in [0.25, 0.3) is 0 Å². The van der Waals surface area contributed by atoms with Crippen molar-refractivity contribution in [3.63, 3.8) is 0 Å². The molecular weight excluding hydrogens is 968 g/mol. The van der Waals surface area contributed by atoms with Gasteiger partial charge in [-0.3, -0.25) is 0 Å². The number of benzene rings is 2. The lowest BCUT2D eigenvalue weighted by atomic mass is 9.76. The number of aliphatic hydroxyl groups excluding tert-OH is 8. The Morgan fingerprint density at radius 2 is 1.46 bits per heavy atom. The summed E-state index contributed by atoms with van der Waals surface area (Å²) in [5, 5.41) is 105. The molecule has 3 aromatic rings. The van der Waals surface area contributed by atoms with Gasteiger partial charge in [0.1, 0.15) is 66.7 Å². The van der Waals surface area contributed by atoms with Crippen molar-refractivity contribution in [1.29, 1.82) is 0 Å². The Hall–Kier alpha value is -4.29. The molecule has 3 saturated heterocycles. The van der Waals surface area contributed by atoms with Crippen LogP contribution in [0.15, 0.2) is 48.7 Å². The third kappa shape index (κ3) is 12.1. The van der Waals surface area contributed by atoms with E-state index < -0.39 is 165 Å². The van der Waals surface area contributed by atoms with Crippen LogP contribution in [-0.2, 0) is 42.7 Å². The SMILES string of the molecule is CCC[C@H](O[C@@H]1C(OC(=O)c2ccccc2)[C@H](O[C@@H]2CC(CO[C@H]3OC(CO)[C@@H](O)C(n4cc(-c5cc(F)c(F)c(F)c5)nn4)C3O)CC(CC)C2O[C@@H]2OC(C)[C@@H](O)C(O)C2O)OC(CO)[C@@H]1O)C(=O)O. The molecular formula is C47H62F3N3O19. The maximum Gasteiger partial charge on any atom is 0.338 e. The van der Waals surface area contributed by atoms with E-state index in [4.69, 9.17) is 37.9 Å². The molecule has 1 aliphatic carbocycles. The number of aliphatic carboxylic acids is 1. The van der Waals surface area contributed by atoms with Gasteiger partial charge >= 0.3 is 11.9 Å². The fraction of sp³-hybridized carbons (Fsp3) is 0.660. The Bertz CT molecular complexity index is 2230. The molecule has 11 unspecified atom stereocenters. The van der Waals surface area contributed by atoms with Gasteiger partial charge in [-0.15, -0.1) is 5.10 Å². The van der Waals surface area contributed by atoms with E-state index in [1.54, 1.807) is 25.1 Å². The molecule has 9 N–H and O–H groups in total. The van der Waals surface area contributed by atoms with Crippen LogP contribution in [0.3, 0.4) is 0 Å². The number of rotatable bonds is 19. The molecule has 4 aliphatic rings. The van der Waals surface area contributed by atoms with Crippen LogP contribution in [0, 0.1) is 29.3 Å². The molecule has 22 nitrogen and oxygen atoms in total. The smallest absolute Gasteiger partial charge is 0.338 e. The van der Waals surface area contributed by atoms with E-state index in [9.17, 15) is 68.7 Å². The fourth-order valence-corrected chi connectivity index (χ4v) is 9.65. The molecule has 1 saturated carbocycles. The molecule has 0 amide bonds. The number of ether oxygens (including phenoxy) is 8. The lowest BCUT2D eigenvalue weighted by Crippen LogP contribution is -2.64. The van der Waals surface area contributed by atoms with E-state index in [-0.39, 0.29) is 42.7 Å². The molecule has 0 radical (unpaired) electrons. The van der Waals surface area contributed by atoms with Crippen molar-refractivity contribution in [2.45, 2.75) is 163 Å². The molecule has 1 aromatic heterocycles. The maximum absolute atomic E-state index is 14.1. The van der Waals surface area contributed by atoms with Gasteiger partial charge in [0.15, 0.2) is 48.5 Å². The number of esters is 1. The average Bonchev–Trinajstić information content (AvgIpc) is 3.85. The number of hydrogen-bond acceptors (Lipinski definition) is 20. The normalized spacial score (nSPS) is 36.7. The summed E-state index contributed by atoms with van der Waals surface area (Å²) >= 11 is 0. The van der Waals surface area contributed by atoms with Crippen LogP contribution < -0.4 is 0 Å². The van der Waals surface area contributed by atoms with Crippen molar-refractivity contribution in [3.05, 3.63) is 71.7 Å². The Kier molecular flexibility index (Phi) is 18.8. The Morgan fingerprint density at radius 1 is 0.792 bits per heavy atom. The quantitative estimate of drug-likeness (QED) is 0.0577. The summed E-state index contributed by atoms with van der Waals surface area (Å²) in [4.78, 5) is 26.2. The zero-order valence-corrected chi connectivity index (χ0v) is 39.4. The van der Waals surface area contributed by atoms with Crippen molar-refractivity contribution in [1.82, 2.24) is 15.0 Å². The predicted molar refractivity (Wildman–Crippen MR) is 235 cm³/mol. The van der Waals surface area contributed by atoms with Crippen LogP contribution in [0.4, 0.5) is 13.2 Å². The van der Waals surface area contributed by atoms with Gasteiger partial charge in [0.2, 0.25) is 0 Å². The molecule has 20 atom stereocenters. The summed E-state index contributed by atoms with van der Waals surface area (Å²) in [6, 6.07) is 7.64. The third-order valence-corrected chi connectivity index (χ3v) is 13.6. The minimum Gasteiger partial charge on any atom is -0.479 e. The minimum atomic E-state index is -1.77. The van der Waals surface area contributed by atoms with Crippen molar-refractivity contribution >= 4 is 11.9 Å². The number of carbonyl (C=O) groups excluding carboxylic acids is 1. The lowest BCUT2D eigenvalue weighted by Gasteiger charge is -2.49. The van der Waals surface area contributed by atoms with E-state index in [0.717, 1.165) is 10.9 Å². The van der Waals surface area contributed by atoms with Gasteiger partial charge in [-0.2, -0.15) is 0 Å². The highest BCUT2D eigenvalue weighted by Crippen LogP contribution is 2.41. The highest BCUT2D eigenvalue weighted by molar-refractivity contribution is 5.89. The van der Waals surface area contributed by atoms with E-state index in [2.05, 4.69) is 10.3 Å². The van der Waals surface area contributed by atoms with Crippen molar-refractivity contribution < 1.29 is 107 Å². The van der Waals surface area contributed by atoms with Crippen LogP contribution >= 0.6 is 0 Å². The second-order valence-electron chi connectivity index (χ2n) is 18.5. The zero-order chi connectivity index (χ0) is 52.1. The topological polar surface area (TPSA) is 321 Å². The number of halogens is 3. The molecule has 4 fully saturated rings. The molecule has 0 bridgehead atoms. The van der Waals surface area contributed by atoms with Crippen LogP contribution in [0.5, 0.6) is 0 Å². The first-order valence-electron chi connectivity index (χ1n) is 23.8. The molecule has 25 heteroatoms. The number of aromatic nitrogens is 3. The molecule has 72 heavy (non-hydrogen) atoms. The number of carboxylic acid groups (broad SMARTS) is 1. The average molecular weight is 1030 g/mol. The molecule has 0 spiro atoms. The van der Waals surface area contributed by atoms with E-state index in [1.807, 2.05) is 6.92 Å². The minimum absolute atomic E-state index is 0.0222. The Labute approximate surface area is 410 Å². The maximum atomic E-state index is 14.1. The van der Waals surface area contributed by atoms with E-state index >= 15 is 0 Å². The van der Waals surface area contributed by atoms with Crippen LogP contribution in [0.2, 0.25) is 0 Å². The summed E-state index contributed by atoms with van der Waals surface area (Å²) in [7, 11) is 0.